The molecule has 0 spiro atoms. The van der Waals surface area contributed by atoms with E-state index >= 15 is 0 Å². The highest BCUT2D eigenvalue weighted by atomic mass is 32.2. The predicted molar refractivity (Wildman–Crippen MR) is 107 cm³/mol. The van der Waals surface area contributed by atoms with Crippen LogP contribution in [-0.2, 0) is 16.4 Å². The Bertz CT molecular complexity index is 621. The van der Waals surface area contributed by atoms with Crippen LogP contribution in [0, 0.1) is 5.92 Å². The standard InChI is InChI=1S/C20H34N2O3S/c1-4-25-20-10-8-18(9-11-20)6-7-19-12-15-22(16-13-19)14-5-17-26(23,24)21(2)3/h8-11,19H,4-7,12-17H2,1-3H3. The Hall–Kier alpha value is -1.11. The minimum absolute atomic E-state index is 0.248. The van der Waals surface area contributed by atoms with Crippen molar-refractivity contribution in [3.05, 3.63) is 29.8 Å². The summed E-state index contributed by atoms with van der Waals surface area (Å²) in [4.78, 5) is 2.42. The Morgan fingerprint density at radius 1 is 1.15 bits per heavy atom. The second-order valence-electron chi connectivity index (χ2n) is 7.35. The highest BCUT2D eigenvalue weighted by Crippen LogP contribution is 2.23. The Balaban J connectivity index is 1.64. The lowest BCUT2D eigenvalue weighted by atomic mass is 9.90. The van der Waals surface area contributed by atoms with E-state index in [1.807, 2.05) is 6.92 Å². The van der Waals surface area contributed by atoms with Crippen molar-refractivity contribution in [3.63, 3.8) is 0 Å². The first-order valence-electron chi connectivity index (χ1n) is 9.75. The third-order valence-corrected chi connectivity index (χ3v) is 7.13. The predicted octanol–water partition coefficient (Wildman–Crippen LogP) is 3.01. The minimum atomic E-state index is -3.06. The van der Waals surface area contributed by atoms with Gasteiger partial charge >= 0.3 is 0 Å². The molecule has 1 heterocycles. The molecule has 1 saturated heterocycles. The number of benzene rings is 1. The topological polar surface area (TPSA) is 49.9 Å². The second kappa shape index (κ2) is 10.3. The first kappa shape index (κ1) is 21.2. The second-order valence-corrected chi connectivity index (χ2v) is 9.65. The average molecular weight is 383 g/mol. The third-order valence-electron chi connectivity index (χ3n) is 5.22. The molecule has 0 atom stereocenters. The number of hydrogen-bond donors (Lipinski definition) is 0. The van der Waals surface area contributed by atoms with E-state index in [1.165, 1.54) is 29.1 Å². The molecule has 0 N–H and O–H groups in total. The van der Waals surface area contributed by atoms with Gasteiger partial charge in [-0.15, -0.1) is 0 Å². The molecule has 26 heavy (non-hydrogen) atoms. The Morgan fingerprint density at radius 2 is 1.81 bits per heavy atom. The number of hydrogen-bond acceptors (Lipinski definition) is 4. The van der Waals surface area contributed by atoms with Gasteiger partial charge in [0, 0.05) is 14.1 Å². The van der Waals surface area contributed by atoms with Crippen molar-refractivity contribution in [1.29, 1.82) is 0 Å². The largest absolute Gasteiger partial charge is 0.494 e. The van der Waals surface area contributed by atoms with Crippen molar-refractivity contribution in [2.24, 2.45) is 5.92 Å². The molecule has 1 fully saturated rings. The molecule has 0 saturated carbocycles. The number of rotatable bonds is 10. The summed E-state index contributed by atoms with van der Waals surface area (Å²) in [6, 6.07) is 8.46. The molecule has 0 aromatic heterocycles. The smallest absolute Gasteiger partial charge is 0.213 e. The van der Waals surface area contributed by atoms with Crippen LogP contribution in [-0.4, -0.2) is 63.7 Å². The van der Waals surface area contributed by atoms with Gasteiger partial charge in [0.1, 0.15) is 5.75 Å². The van der Waals surface area contributed by atoms with Crippen LogP contribution in [0.3, 0.4) is 0 Å². The van der Waals surface area contributed by atoms with Gasteiger partial charge in [-0.05, 0) is 82.3 Å². The number of piperidine rings is 1. The van der Waals surface area contributed by atoms with Crippen molar-refractivity contribution in [3.8, 4) is 5.75 Å². The lowest BCUT2D eigenvalue weighted by Crippen LogP contribution is -2.36. The number of ether oxygens (including phenoxy) is 1. The van der Waals surface area contributed by atoms with Gasteiger partial charge in [0.2, 0.25) is 10.0 Å². The summed E-state index contributed by atoms with van der Waals surface area (Å²) in [5.74, 6) is 1.97. The molecule has 1 aliphatic heterocycles. The van der Waals surface area contributed by atoms with Gasteiger partial charge in [0.15, 0.2) is 0 Å². The number of nitrogens with zero attached hydrogens (tertiary/aromatic N) is 2. The molecule has 6 heteroatoms. The van der Waals surface area contributed by atoms with E-state index in [-0.39, 0.29) is 5.75 Å². The van der Waals surface area contributed by atoms with Crippen LogP contribution >= 0.6 is 0 Å². The van der Waals surface area contributed by atoms with Crippen molar-refractivity contribution in [2.75, 3.05) is 46.1 Å². The summed E-state index contributed by atoms with van der Waals surface area (Å²) in [6.07, 6.45) is 5.52. The molecular formula is C20H34N2O3S. The lowest BCUT2D eigenvalue weighted by Gasteiger charge is -2.32. The minimum Gasteiger partial charge on any atom is -0.494 e. The van der Waals surface area contributed by atoms with Crippen LogP contribution in [0.5, 0.6) is 5.75 Å². The first-order valence-corrected chi connectivity index (χ1v) is 11.4. The highest BCUT2D eigenvalue weighted by Gasteiger charge is 2.20. The van der Waals surface area contributed by atoms with Gasteiger partial charge in [0.25, 0.3) is 0 Å². The van der Waals surface area contributed by atoms with Crippen molar-refractivity contribution in [2.45, 2.75) is 39.0 Å². The normalized spacial score (nSPS) is 16.9. The van der Waals surface area contributed by atoms with Gasteiger partial charge < -0.3 is 9.64 Å². The molecule has 5 nitrogen and oxygen atoms in total. The molecule has 0 bridgehead atoms. The van der Waals surface area contributed by atoms with Crippen molar-refractivity contribution >= 4 is 10.0 Å². The fraction of sp³-hybridized carbons (Fsp3) is 0.700. The number of aryl methyl sites for hydroxylation is 1. The number of sulfonamides is 1. The molecule has 1 aliphatic rings. The van der Waals surface area contributed by atoms with E-state index in [9.17, 15) is 8.42 Å². The molecule has 1 aromatic carbocycles. The molecule has 1 aromatic rings. The van der Waals surface area contributed by atoms with Gasteiger partial charge in [-0.25, -0.2) is 12.7 Å². The van der Waals surface area contributed by atoms with Crippen molar-refractivity contribution in [1.82, 2.24) is 9.21 Å². The van der Waals surface area contributed by atoms with E-state index in [1.54, 1.807) is 14.1 Å². The Morgan fingerprint density at radius 3 is 2.38 bits per heavy atom. The summed E-state index contributed by atoms with van der Waals surface area (Å²) in [5.41, 5.74) is 1.38. The summed E-state index contributed by atoms with van der Waals surface area (Å²) < 4.78 is 30.4. The van der Waals surface area contributed by atoms with Crippen LogP contribution in [0.4, 0.5) is 0 Å². The first-order chi connectivity index (χ1) is 12.4. The molecule has 0 radical (unpaired) electrons. The van der Waals surface area contributed by atoms with Gasteiger partial charge in [0.05, 0.1) is 12.4 Å². The van der Waals surface area contributed by atoms with E-state index in [0.29, 0.717) is 6.61 Å². The van der Waals surface area contributed by atoms with E-state index in [4.69, 9.17) is 4.74 Å². The number of likely N-dealkylation sites (tertiary alicyclic amines) is 1. The summed E-state index contributed by atoms with van der Waals surface area (Å²) in [7, 11) is 0.147. The van der Waals surface area contributed by atoms with Gasteiger partial charge in [-0.2, -0.15) is 0 Å². The van der Waals surface area contributed by atoms with Crippen LogP contribution in [0.15, 0.2) is 24.3 Å². The molecule has 0 amide bonds. The molecule has 148 valence electrons. The van der Waals surface area contributed by atoms with Gasteiger partial charge in [-0.1, -0.05) is 12.1 Å². The monoisotopic (exact) mass is 382 g/mol. The zero-order valence-corrected chi connectivity index (χ0v) is 17.3. The fourth-order valence-electron chi connectivity index (χ4n) is 3.44. The lowest BCUT2D eigenvalue weighted by molar-refractivity contribution is 0.179. The van der Waals surface area contributed by atoms with Crippen LogP contribution in [0.1, 0.15) is 38.2 Å². The summed E-state index contributed by atoms with van der Waals surface area (Å²) in [5, 5.41) is 0. The quantitative estimate of drug-likeness (QED) is 0.624. The average Bonchev–Trinajstić information content (AvgIpc) is 2.62. The molecule has 2 rings (SSSR count). The van der Waals surface area contributed by atoms with E-state index < -0.39 is 10.0 Å². The zero-order chi connectivity index (χ0) is 19.0. The fourth-order valence-corrected chi connectivity index (χ4v) is 4.30. The van der Waals surface area contributed by atoms with Crippen LogP contribution in [0.2, 0.25) is 0 Å². The van der Waals surface area contributed by atoms with E-state index in [0.717, 1.165) is 44.1 Å². The third kappa shape index (κ3) is 6.89. The summed E-state index contributed by atoms with van der Waals surface area (Å²) in [6.45, 7) is 5.78. The van der Waals surface area contributed by atoms with Crippen LogP contribution < -0.4 is 4.74 Å². The zero-order valence-electron chi connectivity index (χ0n) is 16.5. The Kier molecular flexibility index (Phi) is 8.38. The summed E-state index contributed by atoms with van der Waals surface area (Å²) >= 11 is 0. The molecule has 0 unspecified atom stereocenters. The molecular weight excluding hydrogens is 348 g/mol. The van der Waals surface area contributed by atoms with E-state index in [2.05, 4.69) is 29.2 Å². The Labute approximate surface area is 159 Å². The highest BCUT2D eigenvalue weighted by molar-refractivity contribution is 7.89. The maximum atomic E-state index is 11.8. The van der Waals surface area contributed by atoms with Crippen LogP contribution in [0.25, 0.3) is 0 Å². The molecule has 0 aliphatic carbocycles. The van der Waals surface area contributed by atoms with Gasteiger partial charge in [-0.3, -0.25) is 0 Å². The maximum absolute atomic E-state index is 11.8. The SMILES string of the molecule is CCOc1ccc(CCC2CCN(CCCS(=O)(=O)N(C)C)CC2)cc1. The van der Waals surface area contributed by atoms with Crippen molar-refractivity contribution < 1.29 is 13.2 Å². The maximum Gasteiger partial charge on any atom is 0.213 e.